The molecule has 0 spiro atoms. The molecule has 1 aromatic heterocycles. The first-order valence-electron chi connectivity index (χ1n) is 6.96. The van der Waals surface area contributed by atoms with Gasteiger partial charge in [0.2, 0.25) is 0 Å². The van der Waals surface area contributed by atoms with Gasteiger partial charge >= 0.3 is 0 Å². The van der Waals surface area contributed by atoms with Crippen LogP contribution in [0, 0.1) is 5.92 Å². The number of hydrogen-bond donors (Lipinski definition) is 0. The van der Waals surface area contributed by atoms with E-state index in [0.717, 1.165) is 42.2 Å². The highest BCUT2D eigenvalue weighted by atomic mass is 79.9. The maximum Gasteiger partial charge on any atom is 0.133 e. The topological polar surface area (TPSA) is 32.3 Å². The fourth-order valence-corrected chi connectivity index (χ4v) is 3.17. The molecule has 1 aliphatic heterocycles. The van der Waals surface area contributed by atoms with Gasteiger partial charge in [0.1, 0.15) is 16.2 Å². The lowest BCUT2D eigenvalue weighted by atomic mass is 10.1. The zero-order valence-electron chi connectivity index (χ0n) is 12.2. The first kappa shape index (κ1) is 14.7. The van der Waals surface area contributed by atoms with E-state index in [1.807, 2.05) is 6.07 Å². The minimum Gasteiger partial charge on any atom is -0.355 e. The molecule has 2 unspecified atom stereocenters. The molecule has 0 saturated carbocycles. The average molecular weight is 327 g/mol. The van der Waals surface area contributed by atoms with E-state index in [2.05, 4.69) is 58.7 Å². The van der Waals surface area contributed by atoms with Crippen LogP contribution in [0.15, 0.2) is 10.7 Å². The van der Waals surface area contributed by atoms with Crippen molar-refractivity contribution in [1.82, 2.24) is 14.9 Å². The van der Waals surface area contributed by atoms with Crippen LogP contribution in [-0.4, -0.2) is 48.1 Å². The number of anilines is 1. The van der Waals surface area contributed by atoms with E-state index in [1.165, 1.54) is 0 Å². The van der Waals surface area contributed by atoms with Crippen LogP contribution in [0.4, 0.5) is 5.82 Å². The Kier molecular flexibility index (Phi) is 4.79. The third kappa shape index (κ3) is 3.45. The van der Waals surface area contributed by atoms with Crippen LogP contribution < -0.4 is 4.90 Å². The van der Waals surface area contributed by atoms with Crippen molar-refractivity contribution in [2.75, 3.05) is 32.1 Å². The first-order valence-corrected chi connectivity index (χ1v) is 7.75. The average Bonchev–Trinajstić information content (AvgIpc) is 2.71. The van der Waals surface area contributed by atoms with E-state index in [9.17, 15) is 0 Å². The summed E-state index contributed by atoms with van der Waals surface area (Å²) in [5.74, 6) is 2.66. The molecule has 4 nitrogen and oxygen atoms in total. The maximum absolute atomic E-state index is 4.70. The monoisotopic (exact) mass is 326 g/mol. The third-order valence-corrected chi connectivity index (χ3v) is 4.17. The van der Waals surface area contributed by atoms with Gasteiger partial charge in [0.15, 0.2) is 0 Å². The molecule has 0 N–H and O–H groups in total. The van der Waals surface area contributed by atoms with Crippen molar-refractivity contribution in [1.29, 1.82) is 0 Å². The predicted octanol–water partition coefficient (Wildman–Crippen LogP) is 2.58. The van der Waals surface area contributed by atoms with Crippen molar-refractivity contribution in [3.05, 3.63) is 16.5 Å². The number of aryl methyl sites for hydroxylation is 1. The minimum absolute atomic E-state index is 0.600. The summed E-state index contributed by atoms with van der Waals surface area (Å²) in [7, 11) is 4.31. The summed E-state index contributed by atoms with van der Waals surface area (Å²) in [5, 5.41) is 0. The molecule has 2 atom stereocenters. The summed E-state index contributed by atoms with van der Waals surface area (Å²) in [6.45, 7) is 6.58. The van der Waals surface area contributed by atoms with Crippen LogP contribution in [0.5, 0.6) is 0 Å². The third-order valence-electron chi connectivity index (χ3n) is 3.76. The van der Waals surface area contributed by atoms with Gasteiger partial charge in [-0.3, -0.25) is 0 Å². The molecule has 0 radical (unpaired) electrons. The second kappa shape index (κ2) is 6.18. The molecule has 0 aromatic carbocycles. The molecule has 1 aromatic rings. The smallest absolute Gasteiger partial charge is 0.133 e. The summed E-state index contributed by atoms with van der Waals surface area (Å²) < 4.78 is 0.891. The van der Waals surface area contributed by atoms with Gasteiger partial charge in [0.05, 0.1) is 0 Å². The fraction of sp³-hybridized carbons (Fsp3) is 0.714. The second-order valence-corrected chi connectivity index (χ2v) is 6.44. The number of hydrogen-bond acceptors (Lipinski definition) is 4. The Balaban J connectivity index is 2.18. The number of aromatic nitrogens is 2. The Morgan fingerprint density at radius 3 is 2.68 bits per heavy atom. The Hall–Kier alpha value is -0.680. The molecule has 2 heterocycles. The molecule has 0 aliphatic carbocycles. The van der Waals surface area contributed by atoms with Crippen molar-refractivity contribution in [3.63, 3.8) is 0 Å². The highest BCUT2D eigenvalue weighted by molar-refractivity contribution is 9.10. The van der Waals surface area contributed by atoms with Gasteiger partial charge in [0.25, 0.3) is 0 Å². The summed E-state index contributed by atoms with van der Waals surface area (Å²) >= 11 is 3.50. The summed E-state index contributed by atoms with van der Waals surface area (Å²) in [4.78, 5) is 13.8. The Morgan fingerprint density at radius 1 is 1.37 bits per heavy atom. The summed E-state index contributed by atoms with van der Waals surface area (Å²) in [5.41, 5.74) is 0. The Labute approximate surface area is 124 Å². The zero-order chi connectivity index (χ0) is 14.0. The molecule has 0 amide bonds. The lowest BCUT2D eigenvalue weighted by Crippen LogP contribution is -2.34. The van der Waals surface area contributed by atoms with Crippen molar-refractivity contribution < 1.29 is 0 Å². The van der Waals surface area contributed by atoms with Crippen LogP contribution in [-0.2, 0) is 6.42 Å². The highest BCUT2D eigenvalue weighted by Gasteiger charge is 2.31. The SMILES string of the molecule is CCCc1nc(Br)cc(N2CC(C)C(N(C)C)C2)n1. The van der Waals surface area contributed by atoms with E-state index < -0.39 is 0 Å². The van der Waals surface area contributed by atoms with E-state index in [4.69, 9.17) is 4.98 Å². The van der Waals surface area contributed by atoms with E-state index in [-0.39, 0.29) is 0 Å². The lowest BCUT2D eigenvalue weighted by Gasteiger charge is -2.22. The molecule has 19 heavy (non-hydrogen) atoms. The number of likely N-dealkylation sites (N-methyl/N-ethyl adjacent to an activating group) is 1. The van der Waals surface area contributed by atoms with Gasteiger partial charge in [-0.1, -0.05) is 13.8 Å². The van der Waals surface area contributed by atoms with Gasteiger partial charge in [-0.2, -0.15) is 0 Å². The van der Waals surface area contributed by atoms with Crippen molar-refractivity contribution in [2.45, 2.75) is 32.7 Å². The van der Waals surface area contributed by atoms with Gasteiger partial charge in [-0.25, -0.2) is 9.97 Å². The molecular formula is C14H23BrN4. The first-order chi connectivity index (χ1) is 9.01. The van der Waals surface area contributed by atoms with Crippen LogP contribution in [0.2, 0.25) is 0 Å². The van der Waals surface area contributed by atoms with E-state index in [0.29, 0.717) is 12.0 Å². The molecule has 106 valence electrons. The predicted molar refractivity (Wildman–Crippen MR) is 82.6 cm³/mol. The lowest BCUT2D eigenvalue weighted by molar-refractivity contribution is 0.266. The van der Waals surface area contributed by atoms with Crippen LogP contribution in [0.25, 0.3) is 0 Å². The molecule has 5 heteroatoms. The summed E-state index contributed by atoms with van der Waals surface area (Å²) in [6, 6.07) is 2.63. The summed E-state index contributed by atoms with van der Waals surface area (Å²) in [6.07, 6.45) is 2.01. The Morgan fingerprint density at radius 2 is 2.11 bits per heavy atom. The molecular weight excluding hydrogens is 304 g/mol. The van der Waals surface area contributed by atoms with Crippen molar-refractivity contribution >= 4 is 21.7 Å². The quantitative estimate of drug-likeness (QED) is 0.796. The maximum atomic E-state index is 4.70. The van der Waals surface area contributed by atoms with E-state index >= 15 is 0 Å². The number of nitrogens with zero attached hydrogens (tertiary/aromatic N) is 4. The largest absolute Gasteiger partial charge is 0.355 e. The Bertz CT molecular complexity index is 435. The van der Waals surface area contributed by atoms with Crippen molar-refractivity contribution in [3.8, 4) is 0 Å². The highest BCUT2D eigenvalue weighted by Crippen LogP contribution is 2.26. The van der Waals surface area contributed by atoms with Crippen LogP contribution in [0.1, 0.15) is 26.1 Å². The molecule has 1 aliphatic rings. The van der Waals surface area contributed by atoms with Crippen molar-refractivity contribution in [2.24, 2.45) is 5.92 Å². The minimum atomic E-state index is 0.600. The van der Waals surface area contributed by atoms with Gasteiger partial charge in [-0.15, -0.1) is 0 Å². The van der Waals surface area contributed by atoms with Gasteiger partial charge < -0.3 is 9.80 Å². The number of halogens is 1. The molecule has 1 saturated heterocycles. The second-order valence-electron chi connectivity index (χ2n) is 5.63. The van der Waals surface area contributed by atoms with E-state index in [1.54, 1.807) is 0 Å². The van der Waals surface area contributed by atoms with Gasteiger partial charge in [-0.05, 0) is 42.4 Å². The standard InChI is InChI=1S/C14H23BrN4/c1-5-6-13-16-12(15)7-14(17-13)19-8-10(2)11(9-19)18(3)4/h7,10-11H,5-6,8-9H2,1-4H3. The fourth-order valence-electron chi connectivity index (χ4n) is 2.76. The molecule has 0 bridgehead atoms. The normalized spacial score (nSPS) is 23.4. The van der Waals surface area contributed by atoms with Crippen LogP contribution in [0.3, 0.4) is 0 Å². The molecule has 1 fully saturated rings. The zero-order valence-corrected chi connectivity index (χ0v) is 13.8. The van der Waals surface area contributed by atoms with Crippen LogP contribution >= 0.6 is 15.9 Å². The number of rotatable bonds is 4. The van der Waals surface area contributed by atoms with Gasteiger partial charge in [0, 0.05) is 31.6 Å². The molecule has 2 rings (SSSR count).